The Morgan fingerprint density at radius 2 is 1.85 bits per heavy atom. The van der Waals surface area contributed by atoms with E-state index in [1.807, 2.05) is 13.0 Å². The fourth-order valence-electron chi connectivity index (χ4n) is 3.89. The number of nitrogens with zero attached hydrogens (tertiary/aromatic N) is 5. The minimum absolute atomic E-state index is 0.0999. The number of amides is 1. The number of nitrogens with one attached hydrogen (secondary N) is 1. The van der Waals surface area contributed by atoms with Crippen molar-refractivity contribution in [3.8, 4) is 0 Å². The Labute approximate surface area is 188 Å². The second-order valence-electron chi connectivity index (χ2n) is 7.87. The lowest BCUT2D eigenvalue weighted by Crippen LogP contribution is -2.42. The summed E-state index contributed by atoms with van der Waals surface area (Å²) in [5, 5.41) is 2.76. The van der Waals surface area contributed by atoms with Gasteiger partial charge in [0, 0.05) is 37.5 Å². The molecule has 1 unspecified atom stereocenters. The van der Waals surface area contributed by atoms with Gasteiger partial charge in [0.2, 0.25) is 5.91 Å². The van der Waals surface area contributed by atoms with Gasteiger partial charge < -0.3 is 5.32 Å². The van der Waals surface area contributed by atoms with Crippen LogP contribution < -0.4 is 16.6 Å². The first-order valence-electron chi connectivity index (χ1n) is 10.3. The van der Waals surface area contributed by atoms with Crippen LogP contribution in [0.3, 0.4) is 0 Å². The molecule has 0 radical (unpaired) electrons. The third-order valence-corrected chi connectivity index (χ3v) is 5.36. The molecule has 0 saturated carbocycles. The number of anilines is 1. The number of pyridine rings is 2. The maximum Gasteiger partial charge on any atom is 0.332 e. The van der Waals surface area contributed by atoms with E-state index in [9.17, 15) is 19.2 Å². The van der Waals surface area contributed by atoms with Gasteiger partial charge in [0.1, 0.15) is 17.4 Å². The predicted molar refractivity (Wildman–Crippen MR) is 122 cm³/mol. The highest BCUT2D eigenvalue weighted by Gasteiger charge is 2.36. The van der Waals surface area contributed by atoms with E-state index in [0.29, 0.717) is 17.1 Å². The second-order valence-corrected chi connectivity index (χ2v) is 7.87. The van der Waals surface area contributed by atoms with E-state index in [-0.39, 0.29) is 36.0 Å². The van der Waals surface area contributed by atoms with Crippen molar-refractivity contribution in [2.24, 2.45) is 12.0 Å². The Hall–Kier alpha value is -4.21. The number of hydrogen-bond donors (Lipinski definition) is 1. The largest absolute Gasteiger partial charge is 0.332 e. The van der Waals surface area contributed by atoms with E-state index < -0.39 is 17.2 Å². The minimum atomic E-state index is -0.718. The Morgan fingerprint density at radius 1 is 1.12 bits per heavy atom. The number of aryl methyl sites for hydroxylation is 1. The van der Waals surface area contributed by atoms with Crippen molar-refractivity contribution in [3.63, 3.8) is 0 Å². The molecule has 3 aromatic heterocycles. The van der Waals surface area contributed by atoms with Crippen LogP contribution >= 0.6 is 0 Å². The second kappa shape index (κ2) is 8.73. The van der Waals surface area contributed by atoms with E-state index in [1.54, 1.807) is 36.7 Å². The summed E-state index contributed by atoms with van der Waals surface area (Å²) in [7, 11) is 1.49. The van der Waals surface area contributed by atoms with Gasteiger partial charge in [0.25, 0.3) is 5.56 Å². The van der Waals surface area contributed by atoms with Crippen LogP contribution in [0.25, 0.3) is 0 Å². The number of carbonyl (C=O) groups is 2. The van der Waals surface area contributed by atoms with Crippen LogP contribution in [0.15, 0.2) is 57.3 Å². The van der Waals surface area contributed by atoms with Gasteiger partial charge in [-0.25, -0.2) is 14.8 Å². The van der Waals surface area contributed by atoms with Crippen LogP contribution in [0.5, 0.6) is 0 Å². The summed E-state index contributed by atoms with van der Waals surface area (Å²) in [6, 6.07) is 8.72. The molecule has 0 aromatic carbocycles. The molecule has 0 bridgehead atoms. The normalized spacial score (nSPS) is 14.5. The number of fused-ring (bicyclic) bond motifs is 1. The van der Waals surface area contributed by atoms with Gasteiger partial charge in [0.15, 0.2) is 0 Å². The van der Waals surface area contributed by atoms with E-state index >= 15 is 0 Å². The SMILES string of the molecule is CC(=O)Cn1c(=O)c2c(n(C)c1=O)N=C(c1ccncc1)C2CC(=O)Nc1cccc(C)n1. The van der Waals surface area contributed by atoms with Crippen LogP contribution in [0, 0.1) is 6.92 Å². The van der Waals surface area contributed by atoms with Crippen molar-refractivity contribution < 1.29 is 9.59 Å². The minimum Gasteiger partial charge on any atom is -0.311 e. The van der Waals surface area contributed by atoms with Crippen LogP contribution in [0.4, 0.5) is 11.6 Å². The molecule has 3 aromatic rings. The van der Waals surface area contributed by atoms with Crippen molar-refractivity contribution in [2.45, 2.75) is 32.7 Å². The zero-order chi connectivity index (χ0) is 23.7. The number of Topliss-reactive ketones (excluding diaryl/α,β-unsaturated/α-hetero) is 1. The maximum absolute atomic E-state index is 13.3. The molecule has 1 aliphatic heterocycles. The van der Waals surface area contributed by atoms with Crippen LogP contribution in [0.1, 0.15) is 36.1 Å². The summed E-state index contributed by atoms with van der Waals surface area (Å²) < 4.78 is 2.13. The molecule has 0 spiro atoms. The zero-order valence-corrected chi connectivity index (χ0v) is 18.4. The molecule has 1 atom stereocenters. The molecule has 1 aliphatic rings. The smallest absolute Gasteiger partial charge is 0.311 e. The molecule has 0 saturated heterocycles. The van der Waals surface area contributed by atoms with Crippen molar-refractivity contribution in [1.82, 2.24) is 19.1 Å². The van der Waals surface area contributed by atoms with Gasteiger partial charge in [-0.3, -0.25) is 28.5 Å². The number of rotatable bonds is 6. The lowest BCUT2D eigenvalue weighted by atomic mass is 9.90. The highest BCUT2D eigenvalue weighted by Crippen LogP contribution is 2.36. The van der Waals surface area contributed by atoms with E-state index in [2.05, 4.69) is 20.3 Å². The van der Waals surface area contributed by atoms with Gasteiger partial charge in [-0.1, -0.05) is 6.07 Å². The Bertz CT molecular complexity index is 1400. The maximum atomic E-state index is 13.3. The Morgan fingerprint density at radius 3 is 2.52 bits per heavy atom. The molecule has 0 fully saturated rings. The molecule has 1 amide bonds. The number of carbonyl (C=O) groups excluding carboxylic acids is 2. The number of aliphatic imine (C=N–C) groups is 1. The average molecular weight is 446 g/mol. The lowest BCUT2D eigenvalue weighted by Gasteiger charge is -2.16. The summed E-state index contributed by atoms with van der Waals surface area (Å²) in [5.74, 6) is -0.829. The topological polar surface area (TPSA) is 128 Å². The summed E-state index contributed by atoms with van der Waals surface area (Å²) >= 11 is 0. The van der Waals surface area contributed by atoms with Crippen molar-refractivity contribution in [3.05, 3.63) is 80.4 Å². The molecule has 10 nitrogen and oxygen atoms in total. The van der Waals surface area contributed by atoms with E-state index in [4.69, 9.17) is 0 Å². The molecule has 10 heteroatoms. The third-order valence-electron chi connectivity index (χ3n) is 5.36. The predicted octanol–water partition coefficient (Wildman–Crippen LogP) is 1.48. The van der Waals surface area contributed by atoms with Gasteiger partial charge in [0.05, 0.1) is 17.8 Å². The molecule has 4 heterocycles. The molecular weight excluding hydrogens is 424 g/mol. The van der Waals surface area contributed by atoms with Crippen LogP contribution in [-0.2, 0) is 23.2 Å². The fraction of sp³-hybridized carbons (Fsp3) is 0.261. The molecule has 4 rings (SSSR count). The summed E-state index contributed by atoms with van der Waals surface area (Å²) in [6.07, 6.45) is 3.07. The first-order valence-corrected chi connectivity index (χ1v) is 10.3. The zero-order valence-electron chi connectivity index (χ0n) is 18.4. The third kappa shape index (κ3) is 4.27. The lowest BCUT2D eigenvalue weighted by molar-refractivity contribution is -0.118. The highest BCUT2D eigenvalue weighted by molar-refractivity contribution is 6.11. The average Bonchev–Trinajstić information content (AvgIpc) is 3.15. The summed E-state index contributed by atoms with van der Waals surface area (Å²) in [5.41, 5.74) is 0.853. The van der Waals surface area contributed by atoms with Gasteiger partial charge in [-0.2, -0.15) is 0 Å². The number of aromatic nitrogens is 4. The Kier molecular flexibility index (Phi) is 5.82. The molecule has 0 aliphatic carbocycles. The highest BCUT2D eigenvalue weighted by atomic mass is 16.2. The summed E-state index contributed by atoms with van der Waals surface area (Å²) in [6.45, 7) is 2.77. The van der Waals surface area contributed by atoms with Crippen molar-refractivity contribution in [2.75, 3.05) is 5.32 Å². The quantitative estimate of drug-likeness (QED) is 0.611. The van der Waals surface area contributed by atoms with E-state index in [0.717, 1.165) is 10.3 Å². The molecule has 33 heavy (non-hydrogen) atoms. The molecular formula is C23H22N6O4. The Balaban J connectivity index is 1.80. The van der Waals surface area contributed by atoms with Crippen LogP contribution in [-0.4, -0.2) is 36.5 Å². The van der Waals surface area contributed by atoms with Gasteiger partial charge in [-0.05, 0) is 43.7 Å². The van der Waals surface area contributed by atoms with Crippen molar-refractivity contribution in [1.29, 1.82) is 0 Å². The fourth-order valence-corrected chi connectivity index (χ4v) is 3.89. The summed E-state index contributed by atoms with van der Waals surface area (Å²) in [4.78, 5) is 63.5. The first kappa shape index (κ1) is 22.0. The number of hydrogen-bond acceptors (Lipinski definition) is 7. The molecule has 168 valence electrons. The standard InChI is InChI=1S/C23H22N6O4/c1-13-5-4-6-17(25-13)26-18(31)11-16-19-21(27-20(16)15-7-9-24-10-8-15)28(3)23(33)29(22(19)32)12-14(2)30/h4-10,16H,11-12H2,1-3H3,(H,25,26,31). The number of ketones is 1. The van der Waals surface area contributed by atoms with Crippen molar-refractivity contribution >= 4 is 29.0 Å². The van der Waals surface area contributed by atoms with Gasteiger partial charge in [-0.15, -0.1) is 0 Å². The first-order chi connectivity index (χ1) is 15.8. The molecule has 1 N–H and O–H groups in total. The van der Waals surface area contributed by atoms with Gasteiger partial charge >= 0.3 is 5.69 Å². The van der Waals surface area contributed by atoms with Crippen LogP contribution in [0.2, 0.25) is 0 Å². The monoisotopic (exact) mass is 446 g/mol. The van der Waals surface area contributed by atoms with E-state index in [1.165, 1.54) is 18.5 Å².